The molecule has 0 heterocycles. The van der Waals surface area contributed by atoms with Crippen molar-refractivity contribution >= 4 is 33.2 Å². The zero-order valence-electron chi connectivity index (χ0n) is 12.7. The Labute approximate surface area is 142 Å². The molecule has 24 heavy (non-hydrogen) atoms. The summed E-state index contributed by atoms with van der Waals surface area (Å²) in [5.41, 5.74) is 0.377. The number of nitrogens with one attached hydrogen (secondary N) is 2. The summed E-state index contributed by atoms with van der Waals surface area (Å²) in [6.07, 6.45) is 0. The van der Waals surface area contributed by atoms with E-state index in [0.29, 0.717) is 17.7 Å². The first kappa shape index (κ1) is 18.3. The smallest absolute Gasteiger partial charge is 0.257 e. The van der Waals surface area contributed by atoms with Gasteiger partial charge >= 0.3 is 0 Å². The van der Waals surface area contributed by atoms with Crippen LogP contribution >= 0.6 is 11.6 Å². The normalized spacial score (nSPS) is 11.4. The van der Waals surface area contributed by atoms with E-state index in [1.807, 2.05) is 0 Å². The fourth-order valence-corrected chi connectivity index (χ4v) is 3.20. The highest BCUT2D eigenvalue weighted by atomic mass is 35.5. The minimum absolute atomic E-state index is 0.0146. The first-order valence-corrected chi connectivity index (χ1v) is 8.52. The van der Waals surface area contributed by atoms with Crippen molar-refractivity contribution < 1.29 is 22.0 Å². The maximum Gasteiger partial charge on any atom is 0.257 e. The third kappa shape index (κ3) is 3.72. The fraction of sp³-hybridized carbons (Fsp3) is 0.133. The average molecular weight is 375 g/mol. The van der Waals surface area contributed by atoms with Crippen molar-refractivity contribution in [1.82, 2.24) is 4.72 Å². The van der Waals surface area contributed by atoms with Crippen molar-refractivity contribution in [3.8, 4) is 0 Å². The quantitative estimate of drug-likeness (QED) is 0.807. The molecule has 1 amide bonds. The van der Waals surface area contributed by atoms with Crippen molar-refractivity contribution in [2.45, 2.75) is 11.8 Å². The van der Waals surface area contributed by atoms with E-state index in [-0.39, 0.29) is 21.2 Å². The van der Waals surface area contributed by atoms with Gasteiger partial charge in [0.05, 0.1) is 15.5 Å². The van der Waals surface area contributed by atoms with Crippen LogP contribution in [0.15, 0.2) is 35.2 Å². The molecule has 2 rings (SSSR count). The molecule has 128 valence electrons. The summed E-state index contributed by atoms with van der Waals surface area (Å²) < 4.78 is 52.4. The number of halogens is 3. The SMILES string of the molecule is CNS(=O)(=O)c1cc(NC(=O)c2cc(F)c(F)cc2Cl)ccc1C. The summed E-state index contributed by atoms with van der Waals surface area (Å²) in [5.74, 6) is -3.18. The van der Waals surface area contributed by atoms with Crippen LogP contribution in [0.1, 0.15) is 15.9 Å². The number of carbonyl (C=O) groups is 1. The summed E-state index contributed by atoms with van der Waals surface area (Å²) in [6, 6.07) is 5.61. The number of sulfonamides is 1. The van der Waals surface area contributed by atoms with Crippen LogP contribution < -0.4 is 10.0 Å². The molecule has 0 unspecified atom stereocenters. The molecule has 2 N–H and O–H groups in total. The maximum absolute atomic E-state index is 13.3. The molecule has 0 atom stereocenters. The van der Waals surface area contributed by atoms with Crippen LogP contribution in [0.2, 0.25) is 5.02 Å². The number of rotatable bonds is 4. The van der Waals surface area contributed by atoms with E-state index in [0.717, 1.165) is 0 Å². The number of aryl methyl sites for hydroxylation is 1. The van der Waals surface area contributed by atoms with Gasteiger partial charge in [0.15, 0.2) is 11.6 Å². The van der Waals surface area contributed by atoms with Gasteiger partial charge in [-0.2, -0.15) is 0 Å². The first-order chi connectivity index (χ1) is 11.2. The number of amides is 1. The van der Waals surface area contributed by atoms with Gasteiger partial charge in [-0.05, 0) is 43.8 Å². The van der Waals surface area contributed by atoms with Crippen molar-refractivity contribution in [3.05, 3.63) is 58.1 Å². The number of carbonyl (C=O) groups excluding carboxylic acids is 1. The molecule has 0 aliphatic heterocycles. The lowest BCUT2D eigenvalue weighted by Crippen LogP contribution is -2.20. The second kappa shape index (κ2) is 6.84. The van der Waals surface area contributed by atoms with E-state index >= 15 is 0 Å². The van der Waals surface area contributed by atoms with Crippen LogP contribution in [0, 0.1) is 18.6 Å². The van der Waals surface area contributed by atoms with Crippen LogP contribution in [0.25, 0.3) is 0 Å². The zero-order chi connectivity index (χ0) is 18.1. The highest BCUT2D eigenvalue weighted by molar-refractivity contribution is 7.89. The number of anilines is 1. The summed E-state index contributed by atoms with van der Waals surface area (Å²) in [6.45, 7) is 1.60. The van der Waals surface area contributed by atoms with E-state index in [2.05, 4.69) is 10.0 Å². The number of benzene rings is 2. The molecule has 2 aromatic carbocycles. The lowest BCUT2D eigenvalue weighted by atomic mass is 10.1. The second-order valence-electron chi connectivity index (χ2n) is 4.89. The van der Waals surface area contributed by atoms with Gasteiger partial charge in [0.2, 0.25) is 10.0 Å². The largest absolute Gasteiger partial charge is 0.322 e. The molecule has 0 saturated heterocycles. The van der Waals surface area contributed by atoms with Gasteiger partial charge in [0, 0.05) is 5.69 Å². The van der Waals surface area contributed by atoms with Crippen molar-refractivity contribution in [2.24, 2.45) is 0 Å². The fourth-order valence-electron chi connectivity index (χ4n) is 1.97. The molecule has 2 aromatic rings. The van der Waals surface area contributed by atoms with E-state index in [1.165, 1.54) is 25.2 Å². The maximum atomic E-state index is 13.3. The van der Waals surface area contributed by atoms with Gasteiger partial charge in [-0.15, -0.1) is 0 Å². The predicted octanol–water partition coefficient (Wildman–Crippen LogP) is 3.09. The Morgan fingerprint density at radius 1 is 1.12 bits per heavy atom. The van der Waals surface area contributed by atoms with Crippen LogP contribution in [0.5, 0.6) is 0 Å². The lowest BCUT2D eigenvalue weighted by molar-refractivity contribution is 0.102. The molecule has 0 bridgehead atoms. The van der Waals surface area contributed by atoms with Crippen molar-refractivity contribution in [2.75, 3.05) is 12.4 Å². The van der Waals surface area contributed by atoms with Crippen molar-refractivity contribution in [1.29, 1.82) is 0 Å². The molecular weight excluding hydrogens is 362 g/mol. The van der Waals surface area contributed by atoms with Crippen molar-refractivity contribution in [3.63, 3.8) is 0 Å². The second-order valence-corrected chi connectivity index (χ2v) is 7.15. The third-order valence-corrected chi connectivity index (χ3v) is 5.13. The Morgan fingerprint density at radius 3 is 2.38 bits per heavy atom. The van der Waals surface area contributed by atoms with Crippen LogP contribution in [-0.2, 0) is 10.0 Å². The molecule has 9 heteroatoms. The Hall–Kier alpha value is -2.03. The van der Waals surface area contributed by atoms with E-state index < -0.39 is 27.6 Å². The summed E-state index contributed by atoms with van der Waals surface area (Å²) in [4.78, 5) is 12.1. The molecule has 0 aliphatic rings. The highest BCUT2D eigenvalue weighted by Gasteiger charge is 2.18. The highest BCUT2D eigenvalue weighted by Crippen LogP contribution is 2.23. The Kier molecular flexibility index (Phi) is 5.22. The molecular formula is C15H13ClF2N2O3S. The van der Waals surface area contributed by atoms with Gasteiger partial charge < -0.3 is 5.32 Å². The molecule has 0 aliphatic carbocycles. The Morgan fingerprint density at radius 2 is 1.75 bits per heavy atom. The molecule has 0 fully saturated rings. The molecule has 0 saturated carbocycles. The first-order valence-electron chi connectivity index (χ1n) is 6.66. The summed E-state index contributed by atoms with van der Waals surface area (Å²) in [7, 11) is -2.44. The number of hydrogen-bond acceptors (Lipinski definition) is 3. The minimum Gasteiger partial charge on any atom is -0.322 e. The minimum atomic E-state index is -3.71. The van der Waals surface area contributed by atoms with Crippen LogP contribution in [0.4, 0.5) is 14.5 Å². The summed E-state index contributed by atoms with van der Waals surface area (Å²) in [5, 5.41) is 2.14. The molecule has 0 spiro atoms. The molecule has 5 nitrogen and oxygen atoms in total. The van der Waals surface area contributed by atoms with Crippen LogP contribution in [0.3, 0.4) is 0 Å². The summed E-state index contributed by atoms with van der Waals surface area (Å²) >= 11 is 5.74. The van der Waals surface area contributed by atoms with Gasteiger partial charge in [-0.3, -0.25) is 4.79 Å². The van der Waals surface area contributed by atoms with E-state index in [1.54, 1.807) is 6.92 Å². The van der Waals surface area contributed by atoms with E-state index in [9.17, 15) is 22.0 Å². The Bertz CT molecular complexity index is 917. The number of hydrogen-bond donors (Lipinski definition) is 2. The predicted molar refractivity (Wildman–Crippen MR) is 86.7 cm³/mol. The topological polar surface area (TPSA) is 75.3 Å². The lowest BCUT2D eigenvalue weighted by Gasteiger charge is -2.11. The van der Waals surface area contributed by atoms with Crippen LogP contribution in [-0.4, -0.2) is 21.4 Å². The molecule has 0 radical (unpaired) electrons. The van der Waals surface area contributed by atoms with Gasteiger partial charge in [0.1, 0.15) is 0 Å². The van der Waals surface area contributed by atoms with E-state index in [4.69, 9.17) is 11.6 Å². The monoisotopic (exact) mass is 374 g/mol. The standard InChI is InChI=1S/C15H13ClF2N2O3S/c1-8-3-4-9(5-14(8)24(22,23)19-2)20-15(21)10-6-12(17)13(18)7-11(10)16/h3-7,19H,1-2H3,(H,20,21). The van der Waals surface area contributed by atoms with Gasteiger partial charge in [-0.25, -0.2) is 21.9 Å². The van der Waals surface area contributed by atoms with Gasteiger partial charge in [0.25, 0.3) is 5.91 Å². The average Bonchev–Trinajstić information content (AvgIpc) is 2.52. The molecule has 0 aromatic heterocycles. The third-order valence-electron chi connectivity index (χ3n) is 3.26. The van der Waals surface area contributed by atoms with Gasteiger partial charge in [-0.1, -0.05) is 17.7 Å². The Balaban J connectivity index is 2.37. The zero-order valence-corrected chi connectivity index (χ0v) is 14.2.